The van der Waals surface area contributed by atoms with E-state index in [1.807, 2.05) is 0 Å². The third-order valence-electron chi connectivity index (χ3n) is 7.26. The number of H-pyrrole nitrogens is 1. The highest BCUT2D eigenvalue weighted by Gasteiger charge is 2.35. The zero-order valence-corrected chi connectivity index (χ0v) is 19.7. The lowest BCUT2D eigenvalue weighted by Crippen LogP contribution is -2.27. The van der Waals surface area contributed by atoms with E-state index >= 15 is 0 Å². The molecule has 0 spiro atoms. The predicted molar refractivity (Wildman–Crippen MR) is 136 cm³/mol. The first kappa shape index (κ1) is 22.5. The fourth-order valence-corrected chi connectivity index (χ4v) is 5.55. The number of rotatable bonds is 0. The van der Waals surface area contributed by atoms with Gasteiger partial charge in [-0.1, -0.05) is 49.2 Å². The molecule has 4 N–H and O–H groups in total. The molecule has 0 aliphatic carbocycles. The second-order valence-electron chi connectivity index (χ2n) is 9.53. The third kappa shape index (κ3) is 4.81. The number of para-hydroxylation sites is 2. The summed E-state index contributed by atoms with van der Waals surface area (Å²) < 4.78 is 0. The van der Waals surface area contributed by atoms with Crippen LogP contribution >= 0.6 is 0 Å². The zero-order chi connectivity index (χ0) is 23.3. The van der Waals surface area contributed by atoms with E-state index in [1.54, 1.807) is 0 Å². The number of benzene rings is 2. The Hall–Kier alpha value is -3.28. The molecule has 1 aromatic heterocycles. The van der Waals surface area contributed by atoms with Gasteiger partial charge in [-0.15, -0.1) is 0 Å². The minimum Gasteiger partial charge on any atom is -0.376 e. The topological polar surface area (TPSA) is 86.0 Å². The Bertz CT molecular complexity index is 1170. The smallest absolute Gasteiger partial charge is 0.220 e. The van der Waals surface area contributed by atoms with Gasteiger partial charge in [-0.25, -0.2) is 0 Å². The number of aromatic nitrogens is 1. The number of nitrogens with one attached hydrogen (secondary N) is 4. The van der Waals surface area contributed by atoms with E-state index < -0.39 is 0 Å². The molecule has 2 atom stereocenters. The van der Waals surface area contributed by atoms with Crippen molar-refractivity contribution in [3.8, 4) is 0 Å². The summed E-state index contributed by atoms with van der Waals surface area (Å²) in [7, 11) is 0. The summed E-state index contributed by atoms with van der Waals surface area (Å²) in [5, 5.41) is 11.3. The van der Waals surface area contributed by atoms with Gasteiger partial charge in [0.2, 0.25) is 11.8 Å². The summed E-state index contributed by atoms with van der Waals surface area (Å²) in [5.41, 5.74) is 6.02. The van der Waals surface area contributed by atoms with Gasteiger partial charge in [0, 0.05) is 54.1 Å². The molecule has 0 unspecified atom stereocenters. The fraction of sp³-hybridized carbons (Fsp3) is 0.429. The molecule has 0 radical (unpaired) electrons. The highest BCUT2D eigenvalue weighted by Crippen LogP contribution is 2.47. The van der Waals surface area contributed by atoms with E-state index in [-0.39, 0.29) is 23.8 Å². The Labute approximate surface area is 200 Å². The quantitative estimate of drug-likeness (QED) is 0.385. The van der Waals surface area contributed by atoms with Crippen LogP contribution in [0.5, 0.6) is 0 Å². The number of fused-ring (bicyclic) bond motifs is 7. The monoisotopic (exact) mass is 458 g/mol. The molecule has 0 saturated carbocycles. The number of amides is 2. The Morgan fingerprint density at radius 3 is 2.26 bits per heavy atom. The maximum absolute atomic E-state index is 12.4. The molecule has 3 aromatic rings. The highest BCUT2D eigenvalue weighted by molar-refractivity contribution is 5.85. The van der Waals surface area contributed by atoms with Crippen molar-refractivity contribution in [1.82, 2.24) is 15.6 Å². The van der Waals surface area contributed by atoms with Crippen molar-refractivity contribution in [2.45, 2.75) is 63.3 Å². The molecule has 2 aliphatic rings. The molecule has 6 nitrogen and oxygen atoms in total. The van der Waals surface area contributed by atoms with E-state index in [1.165, 1.54) is 22.2 Å². The standard InChI is InChI=1S/C28H34N4O2/c33-25-13-3-1-2-4-14-26(34)30-18-16-22-20-10-6-8-12-24(20)32-28(22)27-21(15-17-29-25)19-9-5-7-11-23(19)31-27/h5-12,21,27,31-32H,1-4,13-18H2,(H,29,33)(H,30,34)/t21-,27-/m1/s1. The van der Waals surface area contributed by atoms with Gasteiger partial charge < -0.3 is 20.9 Å². The number of hydrogen-bond acceptors (Lipinski definition) is 3. The number of hydrogen-bond donors (Lipinski definition) is 4. The van der Waals surface area contributed by atoms with E-state index in [9.17, 15) is 9.59 Å². The Balaban J connectivity index is 1.48. The van der Waals surface area contributed by atoms with Crippen LogP contribution in [0.2, 0.25) is 0 Å². The minimum absolute atomic E-state index is 0.0892. The second-order valence-corrected chi connectivity index (χ2v) is 9.53. The van der Waals surface area contributed by atoms with Crippen molar-refractivity contribution in [2.75, 3.05) is 18.4 Å². The van der Waals surface area contributed by atoms with Crippen LogP contribution in [0.15, 0.2) is 48.5 Å². The number of aromatic amines is 1. The van der Waals surface area contributed by atoms with Gasteiger partial charge in [-0.3, -0.25) is 9.59 Å². The van der Waals surface area contributed by atoms with Crippen LogP contribution in [0.25, 0.3) is 10.9 Å². The average molecular weight is 459 g/mol. The van der Waals surface area contributed by atoms with Crippen LogP contribution < -0.4 is 16.0 Å². The molecule has 5 rings (SSSR count). The van der Waals surface area contributed by atoms with Crippen LogP contribution in [-0.2, 0) is 16.0 Å². The molecule has 0 saturated heterocycles. The van der Waals surface area contributed by atoms with Crippen LogP contribution in [-0.4, -0.2) is 29.9 Å². The maximum Gasteiger partial charge on any atom is 0.220 e. The van der Waals surface area contributed by atoms with E-state index in [0.717, 1.165) is 49.7 Å². The lowest BCUT2D eigenvalue weighted by atomic mass is 9.88. The first-order valence-corrected chi connectivity index (χ1v) is 12.7. The van der Waals surface area contributed by atoms with Crippen LogP contribution in [0, 0.1) is 0 Å². The van der Waals surface area contributed by atoms with Crippen molar-refractivity contribution in [3.05, 3.63) is 65.4 Å². The minimum atomic E-state index is 0.0892. The predicted octanol–water partition coefficient (Wildman–Crippen LogP) is 4.94. The van der Waals surface area contributed by atoms with Gasteiger partial charge in [0.05, 0.1) is 6.04 Å². The van der Waals surface area contributed by atoms with Gasteiger partial charge in [0.15, 0.2) is 0 Å². The van der Waals surface area contributed by atoms with Crippen LogP contribution in [0.1, 0.15) is 73.7 Å². The Morgan fingerprint density at radius 1 is 0.735 bits per heavy atom. The summed E-state index contributed by atoms with van der Waals surface area (Å²) in [6.07, 6.45) is 6.48. The van der Waals surface area contributed by atoms with Crippen molar-refractivity contribution < 1.29 is 9.59 Å². The first-order chi connectivity index (χ1) is 16.7. The second kappa shape index (κ2) is 10.3. The highest BCUT2D eigenvalue weighted by atomic mass is 16.2. The summed E-state index contributed by atoms with van der Waals surface area (Å²) in [4.78, 5) is 28.5. The van der Waals surface area contributed by atoms with Crippen molar-refractivity contribution in [1.29, 1.82) is 0 Å². The number of carbonyl (C=O) groups excluding carboxylic acids is 2. The normalized spacial score (nSPS) is 22.4. The van der Waals surface area contributed by atoms with Gasteiger partial charge in [-0.2, -0.15) is 0 Å². The molecule has 178 valence electrons. The summed E-state index contributed by atoms with van der Waals surface area (Å²) in [6.45, 7) is 1.30. The summed E-state index contributed by atoms with van der Waals surface area (Å²) >= 11 is 0. The average Bonchev–Trinajstić information content (AvgIpc) is 3.39. The van der Waals surface area contributed by atoms with E-state index in [2.05, 4.69) is 69.5 Å². The SMILES string of the molecule is O=C1CCCCCCC(=O)NCC[C@@H]2c3ccccc3N[C@H]2c2[nH]c3ccccc3c2CCN1. The molecule has 34 heavy (non-hydrogen) atoms. The maximum atomic E-state index is 12.4. The molecule has 3 heterocycles. The molecule has 2 aromatic carbocycles. The van der Waals surface area contributed by atoms with Crippen molar-refractivity contribution in [3.63, 3.8) is 0 Å². The molecular formula is C28H34N4O2. The van der Waals surface area contributed by atoms with Crippen molar-refractivity contribution in [2.24, 2.45) is 0 Å². The molecule has 6 heteroatoms. The summed E-state index contributed by atoms with van der Waals surface area (Å²) in [6, 6.07) is 17.0. The largest absolute Gasteiger partial charge is 0.376 e. The van der Waals surface area contributed by atoms with Gasteiger partial charge in [-0.05, 0) is 48.9 Å². The van der Waals surface area contributed by atoms with Crippen LogP contribution in [0.3, 0.4) is 0 Å². The van der Waals surface area contributed by atoms with Crippen LogP contribution in [0.4, 0.5) is 5.69 Å². The number of carbonyl (C=O) groups is 2. The lowest BCUT2D eigenvalue weighted by Gasteiger charge is -2.22. The van der Waals surface area contributed by atoms with E-state index in [0.29, 0.717) is 25.9 Å². The van der Waals surface area contributed by atoms with Gasteiger partial charge in [0.1, 0.15) is 0 Å². The molecule has 0 fully saturated rings. The Morgan fingerprint density at radius 2 is 1.44 bits per heavy atom. The van der Waals surface area contributed by atoms with Gasteiger partial charge >= 0.3 is 0 Å². The van der Waals surface area contributed by atoms with E-state index in [4.69, 9.17) is 0 Å². The van der Waals surface area contributed by atoms with Gasteiger partial charge in [0.25, 0.3) is 0 Å². The first-order valence-electron chi connectivity index (χ1n) is 12.7. The third-order valence-corrected chi connectivity index (χ3v) is 7.26. The number of anilines is 1. The lowest BCUT2D eigenvalue weighted by molar-refractivity contribution is -0.122. The summed E-state index contributed by atoms with van der Waals surface area (Å²) in [5.74, 6) is 0.488. The zero-order valence-electron chi connectivity index (χ0n) is 19.7. The molecular weight excluding hydrogens is 424 g/mol. The fourth-order valence-electron chi connectivity index (χ4n) is 5.55. The Kier molecular flexibility index (Phi) is 6.84. The molecule has 2 aliphatic heterocycles. The molecule has 2 amide bonds. The van der Waals surface area contributed by atoms with Crippen molar-refractivity contribution >= 4 is 28.4 Å². The molecule has 0 bridgehead atoms.